The van der Waals surface area contributed by atoms with Crippen LogP contribution in [0.25, 0.3) is 87.8 Å². The molecule has 9 aromatic rings. The maximum absolute atomic E-state index is 6.36. The largest absolute Gasteiger partial charge is 0.464 e. The maximum Gasteiger partial charge on any atom is 0.147 e. The van der Waals surface area contributed by atoms with Gasteiger partial charge in [-0.1, -0.05) is 121 Å². The fourth-order valence-corrected chi connectivity index (χ4v) is 6.69. The highest BCUT2D eigenvalue weighted by Gasteiger charge is 2.19. The summed E-state index contributed by atoms with van der Waals surface area (Å²) in [4.78, 5) is 0. The predicted octanol–water partition coefficient (Wildman–Crippen LogP) is 11.6. The van der Waals surface area contributed by atoms with Crippen molar-refractivity contribution < 1.29 is 8.83 Å². The van der Waals surface area contributed by atoms with Gasteiger partial charge in [0.2, 0.25) is 0 Å². The third-order valence-corrected chi connectivity index (χ3v) is 8.56. The molecule has 0 atom stereocenters. The summed E-state index contributed by atoms with van der Waals surface area (Å²) >= 11 is 0. The normalized spacial score (nSPS) is 11.8. The summed E-state index contributed by atoms with van der Waals surface area (Å²) in [5.41, 5.74) is 9.67. The zero-order valence-corrected chi connectivity index (χ0v) is 22.7. The van der Waals surface area contributed by atoms with Crippen LogP contribution in [0.3, 0.4) is 0 Å². The summed E-state index contributed by atoms with van der Waals surface area (Å²) < 4.78 is 12.4. The second-order valence-electron chi connectivity index (χ2n) is 10.8. The quantitative estimate of drug-likeness (QED) is 0.210. The van der Waals surface area contributed by atoms with E-state index in [2.05, 4.69) is 121 Å². The molecule has 0 aliphatic carbocycles. The Bertz CT molecular complexity index is 2380. The number of hydrogen-bond acceptors (Lipinski definition) is 2. The highest BCUT2D eigenvalue weighted by molar-refractivity contribution is 6.22. The first-order valence-corrected chi connectivity index (χ1v) is 14.3. The van der Waals surface area contributed by atoms with Crippen molar-refractivity contribution in [3.8, 4) is 33.4 Å². The van der Waals surface area contributed by atoms with Crippen LogP contribution in [0.4, 0.5) is 0 Å². The Morgan fingerprint density at radius 1 is 0.357 bits per heavy atom. The molecule has 2 heteroatoms. The minimum atomic E-state index is 0.828. The van der Waals surface area contributed by atoms with Gasteiger partial charge in [-0.2, -0.15) is 0 Å². The van der Waals surface area contributed by atoms with E-state index in [1.807, 2.05) is 24.5 Å². The molecule has 0 spiro atoms. The van der Waals surface area contributed by atoms with Gasteiger partial charge in [0.15, 0.2) is 0 Å². The van der Waals surface area contributed by atoms with Gasteiger partial charge in [-0.05, 0) is 67.6 Å². The van der Waals surface area contributed by atoms with Crippen molar-refractivity contribution in [2.45, 2.75) is 0 Å². The Hall–Kier alpha value is -5.60. The molecule has 0 radical (unpaired) electrons. The molecule has 7 aromatic carbocycles. The van der Waals surface area contributed by atoms with Crippen molar-refractivity contribution in [2.24, 2.45) is 0 Å². The number of fused-ring (bicyclic) bond motifs is 7. The van der Waals surface area contributed by atoms with Crippen LogP contribution < -0.4 is 0 Å². The third-order valence-electron chi connectivity index (χ3n) is 8.56. The molecule has 0 saturated heterocycles. The van der Waals surface area contributed by atoms with Crippen LogP contribution in [0.1, 0.15) is 0 Å². The molecule has 0 saturated carbocycles. The lowest BCUT2D eigenvalue weighted by atomic mass is 9.86. The standard InChI is InChI=1S/C40H24O2/c1-2-10-26(11-3-1)37-29-13-4-6-15-31(29)38(32-16-7-5-14-30(32)37)27-20-18-25(19-21-27)34-24-41-36-23-22-33-28-12-8-9-17-35(28)42-40(33)39(34)36/h1-24H. The van der Waals surface area contributed by atoms with Crippen LogP contribution in [-0.2, 0) is 0 Å². The molecular formula is C40H24O2. The topological polar surface area (TPSA) is 26.3 Å². The van der Waals surface area contributed by atoms with Crippen molar-refractivity contribution in [1.29, 1.82) is 0 Å². The molecule has 2 nitrogen and oxygen atoms in total. The van der Waals surface area contributed by atoms with Crippen molar-refractivity contribution in [1.82, 2.24) is 0 Å². The Morgan fingerprint density at radius 3 is 1.52 bits per heavy atom. The van der Waals surface area contributed by atoms with E-state index in [9.17, 15) is 0 Å². The van der Waals surface area contributed by atoms with E-state index in [-0.39, 0.29) is 0 Å². The van der Waals surface area contributed by atoms with E-state index in [1.54, 1.807) is 0 Å². The average molecular weight is 537 g/mol. The summed E-state index contributed by atoms with van der Waals surface area (Å²) in [5.74, 6) is 0. The van der Waals surface area contributed by atoms with Gasteiger partial charge in [0.25, 0.3) is 0 Å². The zero-order chi connectivity index (χ0) is 27.6. The van der Waals surface area contributed by atoms with Gasteiger partial charge in [0, 0.05) is 16.3 Å². The van der Waals surface area contributed by atoms with Gasteiger partial charge >= 0.3 is 0 Å². The highest BCUT2D eigenvalue weighted by atomic mass is 16.3. The lowest BCUT2D eigenvalue weighted by Gasteiger charge is -2.17. The Kier molecular flexibility index (Phi) is 4.93. The molecule has 0 unspecified atom stereocenters. The van der Waals surface area contributed by atoms with Crippen LogP contribution in [0.5, 0.6) is 0 Å². The molecular weight excluding hydrogens is 512 g/mol. The van der Waals surface area contributed by atoms with Gasteiger partial charge in [-0.3, -0.25) is 0 Å². The number of benzene rings is 7. The lowest BCUT2D eigenvalue weighted by Crippen LogP contribution is -1.90. The first-order chi connectivity index (χ1) is 20.8. The zero-order valence-electron chi connectivity index (χ0n) is 22.7. The number of rotatable bonds is 3. The monoisotopic (exact) mass is 536 g/mol. The summed E-state index contributed by atoms with van der Waals surface area (Å²) in [6.45, 7) is 0. The second kappa shape index (κ2) is 8.95. The molecule has 0 N–H and O–H groups in total. The van der Waals surface area contributed by atoms with Crippen LogP contribution >= 0.6 is 0 Å². The van der Waals surface area contributed by atoms with E-state index in [4.69, 9.17) is 8.83 Å². The van der Waals surface area contributed by atoms with Gasteiger partial charge in [0.05, 0.1) is 11.6 Å². The predicted molar refractivity (Wildman–Crippen MR) is 175 cm³/mol. The van der Waals surface area contributed by atoms with E-state index in [1.165, 1.54) is 43.8 Å². The van der Waals surface area contributed by atoms with E-state index >= 15 is 0 Å². The molecule has 42 heavy (non-hydrogen) atoms. The third kappa shape index (κ3) is 3.33. The maximum atomic E-state index is 6.36. The van der Waals surface area contributed by atoms with Gasteiger partial charge in [-0.15, -0.1) is 0 Å². The van der Waals surface area contributed by atoms with Crippen molar-refractivity contribution in [2.75, 3.05) is 0 Å². The Labute approximate surface area is 242 Å². The molecule has 0 aliphatic heterocycles. The number of hydrogen-bond donors (Lipinski definition) is 0. The minimum absolute atomic E-state index is 0.828. The first kappa shape index (κ1) is 23.1. The summed E-state index contributed by atoms with van der Waals surface area (Å²) in [6, 6.07) is 49.5. The number of furan rings is 2. The summed E-state index contributed by atoms with van der Waals surface area (Å²) in [7, 11) is 0. The summed E-state index contributed by atoms with van der Waals surface area (Å²) in [6.07, 6.45) is 1.85. The summed E-state index contributed by atoms with van der Waals surface area (Å²) in [5, 5.41) is 8.26. The first-order valence-electron chi connectivity index (χ1n) is 14.3. The van der Waals surface area contributed by atoms with Crippen LogP contribution in [0.15, 0.2) is 155 Å². The van der Waals surface area contributed by atoms with Gasteiger partial charge < -0.3 is 8.83 Å². The lowest BCUT2D eigenvalue weighted by molar-refractivity contribution is 0.616. The molecule has 0 aliphatic rings. The van der Waals surface area contributed by atoms with Crippen LogP contribution in [0.2, 0.25) is 0 Å². The van der Waals surface area contributed by atoms with Crippen molar-refractivity contribution in [3.63, 3.8) is 0 Å². The molecule has 196 valence electrons. The van der Waals surface area contributed by atoms with E-state index < -0.39 is 0 Å². The average Bonchev–Trinajstić information content (AvgIpc) is 3.66. The molecule has 9 rings (SSSR count). The van der Waals surface area contributed by atoms with Crippen LogP contribution in [0, 0.1) is 0 Å². The molecule has 0 bridgehead atoms. The Balaban J connectivity index is 1.26. The SMILES string of the molecule is c1ccc(-c2c3ccccc3c(-c3ccc(-c4coc5ccc6c7ccccc7oc6c45)cc3)c3ccccc23)cc1. The molecule has 0 amide bonds. The van der Waals surface area contributed by atoms with Gasteiger partial charge in [0.1, 0.15) is 16.7 Å². The highest BCUT2D eigenvalue weighted by Crippen LogP contribution is 2.45. The minimum Gasteiger partial charge on any atom is -0.464 e. The smallest absolute Gasteiger partial charge is 0.147 e. The van der Waals surface area contributed by atoms with E-state index in [0.29, 0.717) is 0 Å². The Morgan fingerprint density at radius 2 is 0.881 bits per heavy atom. The van der Waals surface area contributed by atoms with Crippen molar-refractivity contribution in [3.05, 3.63) is 146 Å². The van der Waals surface area contributed by atoms with Crippen LogP contribution in [-0.4, -0.2) is 0 Å². The fraction of sp³-hybridized carbons (Fsp3) is 0. The molecule has 2 aromatic heterocycles. The number of para-hydroxylation sites is 1. The van der Waals surface area contributed by atoms with Crippen molar-refractivity contribution >= 4 is 54.5 Å². The molecule has 2 heterocycles. The molecule has 0 fully saturated rings. The fourth-order valence-electron chi connectivity index (χ4n) is 6.69. The van der Waals surface area contributed by atoms with Gasteiger partial charge in [-0.25, -0.2) is 0 Å². The van der Waals surface area contributed by atoms with E-state index in [0.717, 1.165) is 44.0 Å². The second-order valence-corrected chi connectivity index (χ2v) is 10.8.